The third-order valence-corrected chi connectivity index (χ3v) is 4.71. The van der Waals surface area contributed by atoms with Crippen molar-refractivity contribution in [2.45, 2.75) is 63.5 Å². The van der Waals surface area contributed by atoms with Crippen molar-refractivity contribution in [2.24, 2.45) is 0 Å². The zero-order chi connectivity index (χ0) is 24.2. The Bertz CT molecular complexity index is 700. The molecule has 0 amide bonds. The predicted molar refractivity (Wildman–Crippen MR) is 111 cm³/mol. The quantitative estimate of drug-likeness (QED) is 0.219. The van der Waals surface area contributed by atoms with Crippen molar-refractivity contribution in [1.82, 2.24) is 0 Å². The molecule has 0 saturated heterocycles. The molecule has 0 aliphatic carbocycles. The first-order valence-corrected chi connectivity index (χ1v) is 10.7. The van der Waals surface area contributed by atoms with Gasteiger partial charge in [-0.05, 0) is 24.0 Å². The first-order chi connectivity index (χ1) is 15.6. The van der Waals surface area contributed by atoms with E-state index in [-0.39, 0.29) is 13.2 Å². The highest BCUT2D eigenvalue weighted by molar-refractivity contribution is 5.15. The summed E-state index contributed by atoms with van der Waals surface area (Å²) in [6.45, 7) is 0.116. The Hall–Kier alpha value is -2.10. The Labute approximate surface area is 189 Å². The Morgan fingerprint density at radius 3 is 1.27 bits per heavy atom. The largest absolute Gasteiger partial charge is 0.389 e. The number of ether oxygens (including phenoxy) is 3. The molecule has 2 aromatic rings. The van der Waals surface area contributed by atoms with Crippen LogP contribution in [0.15, 0.2) is 60.7 Å². The lowest BCUT2D eigenvalue weighted by Gasteiger charge is -2.26. The Morgan fingerprint density at radius 2 is 0.939 bits per heavy atom. The van der Waals surface area contributed by atoms with Crippen LogP contribution in [0, 0.1) is 0 Å². The Balaban J connectivity index is 1.96. The van der Waals surface area contributed by atoms with E-state index in [0.29, 0.717) is 12.8 Å². The molecule has 0 fully saturated rings. The van der Waals surface area contributed by atoms with Crippen LogP contribution in [0.2, 0.25) is 0 Å². The van der Waals surface area contributed by atoms with Crippen LogP contribution < -0.4 is 0 Å². The fourth-order valence-electron chi connectivity index (χ4n) is 3.02. The number of hydrogen-bond acceptors (Lipinski definition) is 3. The highest BCUT2D eigenvalue weighted by Gasteiger charge is 2.32. The highest BCUT2D eigenvalue weighted by Crippen LogP contribution is 2.27. The van der Waals surface area contributed by atoms with Gasteiger partial charge in [0.2, 0.25) is 0 Å². The van der Waals surface area contributed by atoms with Gasteiger partial charge in [0.15, 0.2) is 12.6 Å². The van der Waals surface area contributed by atoms with E-state index in [1.165, 1.54) is 0 Å². The first-order valence-electron chi connectivity index (χ1n) is 10.7. The second-order valence-electron chi connectivity index (χ2n) is 7.52. The average Bonchev–Trinajstić information content (AvgIpc) is 2.76. The van der Waals surface area contributed by atoms with E-state index in [2.05, 4.69) is 0 Å². The zero-order valence-corrected chi connectivity index (χ0v) is 18.1. The standard InChI is InChI=1S/C24H28F6O3/c25-23(26,27)15-11-21(31-17-13-19-7-3-1-4-8-19)33-22(12-16-24(28,29)30)32-18-14-20-9-5-2-6-10-20/h1-10,21-22H,11-18H2. The fraction of sp³-hybridized carbons (Fsp3) is 0.500. The molecule has 184 valence electrons. The smallest absolute Gasteiger partial charge is 0.352 e. The van der Waals surface area contributed by atoms with Crippen LogP contribution in [0.4, 0.5) is 26.3 Å². The van der Waals surface area contributed by atoms with Crippen molar-refractivity contribution in [2.75, 3.05) is 13.2 Å². The summed E-state index contributed by atoms with van der Waals surface area (Å²) in [5.41, 5.74) is 1.83. The summed E-state index contributed by atoms with van der Waals surface area (Å²) in [5, 5.41) is 0. The number of hydrogen-bond donors (Lipinski definition) is 0. The lowest BCUT2D eigenvalue weighted by atomic mass is 10.2. The van der Waals surface area contributed by atoms with Gasteiger partial charge in [0.05, 0.1) is 13.2 Å². The van der Waals surface area contributed by atoms with Gasteiger partial charge in [0, 0.05) is 25.7 Å². The lowest BCUT2D eigenvalue weighted by Crippen LogP contribution is -2.30. The maximum absolute atomic E-state index is 12.7. The van der Waals surface area contributed by atoms with Crippen molar-refractivity contribution in [3.05, 3.63) is 71.8 Å². The molecule has 0 heterocycles. The Kier molecular flexibility index (Phi) is 11.2. The summed E-state index contributed by atoms with van der Waals surface area (Å²) < 4.78 is 92.9. The van der Waals surface area contributed by atoms with E-state index < -0.39 is 50.6 Å². The van der Waals surface area contributed by atoms with Gasteiger partial charge in [-0.3, -0.25) is 0 Å². The molecule has 0 aliphatic rings. The van der Waals surface area contributed by atoms with Gasteiger partial charge in [0.25, 0.3) is 0 Å². The molecule has 2 rings (SSSR count). The zero-order valence-electron chi connectivity index (χ0n) is 18.1. The van der Waals surface area contributed by atoms with Crippen LogP contribution in [0.3, 0.4) is 0 Å². The van der Waals surface area contributed by atoms with Crippen LogP contribution in [-0.2, 0) is 27.1 Å². The fourth-order valence-corrected chi connectivity index (χ4v) is 3.02. The highest BCUT2D eigenvalue weighted by atomic mass is 19.4. The summed E-state index contributed by atoms with van der Waals surface area (Å²) in [5.74, 6) is 0. The number of alkyl halides is 6. The number of rotatable bonds is 14. The van der Waals surface area contributed by atoms with Crippen LogP contribution >= 0.6 is 0 Å². The van der Waals surface area contributed by atoms with Crippen LogP contribution in [0.25, 0.3) is 0 Å². The van der Waals surface area contributed by atoms with Gasteiger partial charge in [0.1, 0.15) is 0 Å². The van der Waals surface area contributed by atoms with Crippen molar-refractivity contribution < 1.29 is 40.6 Å². The lowest BCUT2D eigenvalue weighted by molar-refractivity contribution is -0.262. The summed E-state index contributed by atoms with van der Waals surface area (Å²) >= 11 is 0. The molecule has 0 bridgehead atoms. The molecular weight excluding hydrogens is 450 g/mol. The summed E-state index contributed by atoms with van der Waals surface area (Å²) in [6.07, 6.45) is -14.2. The minimum Gasteiger partial charge on any atom is -0.352 e. The van der Waals surface area contributed by atoms with Gasteiger partial charge < -0.3 is 14.2 Å². The monoisotopic (exact) mass is 478 g/mol. The maximum atomic E-state index is 12.7. The van der Waals surface area contributed by atoms with E-state index in [9.17, 15) is 26.3 Å². The third-order valence-electron chi connectivity index (χ3n) is 4.71. The molecule has 9 heteroatoms. The van der Waals surface area contributed by atoms with Crippen molar-refractivity contribution in [3.63, 3.8) is 0 Å². The molecule has 0 spiro atoms. The molecule has 0 aliphatic heterocycles. The Morgan fingerprint density at radius 1 is 0.576 bits per heavy atom. The van der Waals surface area contributed by atoms with E-state index in [0.717, 1.165) is 11.1 Å². The maximum Gasteiger partial charge on any atom is 0.389 e. The van der Waals surface area contributed by atoms with E-state index in [4.69, 9.17) is 14.2 Å². The van der Waals surface area contributed by atoms with Gasteiger partial charge >= 0.3 is 12.4 Å². The molecule has 0 aromatic heterocycles. The van der Waals surface area contributed by atoms with Crippen LogP contribution in [-0.4, -0.2) is 38.1 Å². The van der Waals surface area contributed by atoms with Crippen molar-refractivity contribution >= 4 is 0 Å². The molecule has 2 atom stereocenters. The number of benzene rings is 2. The van der Waals surface area contributed by atoms with E-state index >= 15 is 0 Å². The topological polar surface area (TPSA) is 27.7 Å². The van der Waals surface area contributed by atoms with Crippen LogP contribution in [0.5, 0.6) is 0 Å². The van der Waals surface area contributed by atoms with Crippen LogP contribution in [0.1, 0.15) is 36.8 Å². The summed E-state index contributed by atoms with van der Waals surface area (Å²) in [6, 6.07) is 18.3. The van der Waals surface area contributed by atoms with Gasteiger partial charge in [-0.1, -0.05) is 60.7 Å². The minimum absolute atomic E-state index is 0.0581. The normalized spacial score (nSPS) is 14.2. The second kappa shape index (κ2) is 13.6. The van der Waals surface area contributed by atoms with Gasteiger partial charge in [-0.15, -0.1) is 0 Å². The molecule has 2 unspecified atom stereocenters. The molecule has 0 radical (unpaired) electrons. The van der Waals surface area contributed by atoms with Crippen molar-refractivity contribution in [1.29, 1.82) is 0 Å². The predicted octanol–water partition coefficient (Wildman–Crippen LogP) is 6.86. The number of halogens is 6. The van der Waals surface area contributed by atoms with Gasteiger partial charge in [-0.2, -0.15) is 26.3 Å². The summed E-state index contributed by atoms with van der Waals surface area (Å²) in [4.78, 5) is 0. The molecule has 0 saturated carbocycles. The summed E-state index contributed by atoms with van der Waals surface area (Å²) in [7, 11) is 0. The molecule has 0 N–H and O–H groups in total. The second-order valence-corrected chi connectivity index (χ2v) is 7.52. The first kappa shape index (κ1) is 27.1. The third kappa shape index (κ3) is 13.3. The van der Waals surface area contributed by atoms with Crippen molar-refractivity contribution in [3.8, 4) is 0 Å². The molecule has 3 nitrogen and oxygen atoms in total. The van der Waals surface area contributed by atoms with Gasteiger partial charge in [-0.25, -0.2) is 0 Å². The SMILES string of the molecule is FC(F)(F)CCC(OCCc1ccccc1)OC(CCC(F)(F)F)OCCc1ccccc1. The molecule has 2 aromatic carbocycles. The minimum atomic E-state index is -4.44. The average molecular weight is 478 g/mol. The molecular formula is C24H28F6O3. The van der Waals surface area contributed by atoms with E-state index in [1.54, 1.807) is 0 Å². The molecule has 33 heavy (non-hydrogen) atoms. The van der Waals surface area contributed by atoms with E-state index in [1.807, 2.05) is 60.7 Å².